The fourth-order valence-corrected chi connectivity index (χ4v) is 2.69. The maximum Gasteiger partial charge on any atom is 0.0897 e. The highest BCUT2D eigenvalue weighted by atomic mass is 16.5. The number of hydrogen-bond donors (Lipinski definition) is 2. The Kier molecular flexibility index (Phi) is 6.43. The van der Waals surface area contributed by atoms with Crippen LogP contribution in [0.25, 0.3) is 0 Å². The van der Waals surface area contributed by atoms with E-state index in [1.165, 1.54) is 19.3 Å². The van der Waals surface area contributed by atoms with Crippen LogP contribution in [0.5, 0.6) is 0 Å². The van der Waals surface area contributed by atoms with Crippen LogP contribution in [-0.2, 0) is 11.3 Å². The number of ether oxygens (including phenoxy) is 1. The van der Waals surface area contributed by atoms with Gasteiger partial charge in [0.2, 0.25) is 0 Å². The van der Waals surface area contributed by atoms with E-state index in [0.717, 1.165) is 12.1 Å². The molecule has 1 aliphatic rings. The molecule has 0 aromatic carbocycles. The van der Waals surface area contributed by atoms with Gasteiger partial charge in [0, 0.05) is 19.3 Å². The van der Waals surface area contributed by atoms with Crippen LogP contribution in [0.2, 0.25) is 0 Å². The van der Waals surface area contributed by atoms with Gasteiger partial charge in [0.05, 0.1) is 24.5 Å². The Balaban J connectivity index is 1.59. The van der Waals surface area contributed by atoms with Crippen molar-refractivity contribution in [1.29, 1.82) is 0 Å². The molecule has 3 unspecified atom stereocenters. The lowest BCUT2D eigenvalue weighted by molar-refractivity contribution is -0.0452. The maximum absolute atomic E-state index is 9.94. The first kappa shape index (κ1) is 15.4. The smallest absolute Gasteiger partial charge is 0.0897 e. The molecule has 1 fully saturated rings. The van der Waals surface area contributed by atoms with Gasteiger partial charge in [-0.25, -0.2) is 0 Å². The van der Waals surface area contributed by atoms with Crippen molar-refractivity contribution in [3.63, 3.8) is 0 Å². The molecule has 1 heterocycles. The van der Waals surface area contributed by atoms with Gasteiger partial charge in [-0.2, -0.15) is 0 Å². The zero-order valence-corrected chi connectivity index (χ0v) is 12.3. The van der Waals surface area contributed by atoms with Crippen molar-refractivity contribution in [2.45, 2.75) is 51.4 Å². The predicted molar refractivity (Wildman–Crippen MR) is 79.3 cm³/mol. The molecule has 0 saturated heterocycles. The number of rotatable bonds is 7. The van der Waals surface area contributed by atoms with Crippen LogP contribution in [0.1, 0.15) is 38.3 Å². The van der Waals surface area contributed by atoms with Gasteiger partial charge in [-0.3, -0.25) is 4.98 Å². The molecule has 1 saturated carbocycles. The van der Waals surface area contributed by atoms with Crippen LogP contribution < -0.4 is 5.32 Å². The molecule has 2 N–H and O–H groups in total. The van der Waals surface area contributed by atoms with Crippen molar-refractivity contribution in [1.82, 2.24) is 10.3 Å². The Hall–Kier alpha value is -0.970. The van der Waals surface area contributed by atoms with Crippen LogP contribution in [-0.4, -0.2) is 35.5 Å². The number of pyridine rings is 1. The summed E-state index contributed by atoms with van der Waals surface area (Å²) in [6, 6.07) is 5.84. The lowest BCUT2D eigenvalue weighted by Crippen LogP contribution is -2.34. The number of aromatic nitrogens is 1. The second-order valence-corrected chi connectivity index (χ2v) is 5.74. The molecule has 112 valence electrons. The third-order valence-electron chi connectivity index (χ3n) is 3.95. The lowest BCUT2D eigenvalue weighted by Gasteiger charge is -2.29. The van der Waals surface area contributed by atoms with E-state index in [4.69, 9.17) is 4.74 Å². The summed E-state index contributed by atoms with van der Waals surface area (Å²) in [5.41, 5.74) is 0.988. The van der Waals surface area contributed by atoms with Gasteiger partial charge in [-0.15, -0.1) is 0 Å². The van der Waals surface area contributed by atoms with Crippen molar-refractivity contribution in [2.75, 3.05) is 13.2 Å². The van der Waals surface area contributed by atoms with Crippen molar-refractivity contribution in [2.24, 2.45) is 5.92 Å². The minimum atomic E-state index is -0.451. The number of nitrogens with zero attached hydrogens (tertiary/aromatic N) is 1. The average molecular weight is 278 g/mol. The Morgan fingerprint density at radius 1 is 1.40 bits per heavy atom. The first-order chi connectivity index (χ1) is 9.75. The van der Waals surface area contributed by atoms with Gasteiger partial charge in [0.1, 0.15) is 0 Å². The molecule has 0 spiro atoms. The quantitative estimate of drug-likeness (QED) is 0.802. The molecule has 0 amide bonds. The lowest BCUT2D eigenvalue weighted by atomic mass is 9.88. The van der Waals surface area contributed by atoms with Crippen LogP contribution in [0.3, 0.4) is 0 Å². The van der Waals surface area contributed by atoms with Gasteiger partial charge in [-0.05, 0) is 30.9 Å². The van der Waals surface area contributed by atoms with Gasteiger partial charge < -0.3 is 15.2 Å². The fraction of sp³-hybridized carbons (Fsp3) is 0.688. The predicted octanol–water partition coefficient (Wildman–Crippen LogP) is 2.13. The van der Waals surface area contributed by atoms with Crippen molar-refractivity contribution in [3.05, 3.63) is 30.1 Å². The molecule has 0 aliphatic heterocycles. The Labute approximate surface area is 121 Å². The van der Waals surface area contributed by atoms with Crippen molar-refractivity contribution in [3.8, 4) is 0 Å². The second-order valence-electron chi connectivity index (χ2n) is 5.74. The molecular formula is C16H26N2O2. The number of hydrogen-bond acceptors (Lipinski definition) is 4. The summed E-state index contributed by atoms with van der Waals surface area (Å²) >= 11 is 0. The van der Waals surface area contributed by atoms with E-state index in [1.807, 2.05) is 18.2 Å². The van der Waals surface area contributed by atoms with Gasteiger partial charge in [-0.1, -0.05) is 25.8 Å². The van der Waals surface area contributed by atoms with E-state index >= 15 is 0 Å². The fourth-order valence-electron chi connectivity index (χ4n) is 2.69. The number of nitrogens with one attached hydrogen (secondary N) is 1. The molecule has 4 nitrogen and oxygen atoms in total. The molecule has 4 heteroatoms. The molecular weight excluding hydrogens is 252 g/mol. The molecule has 1 aromatic heterocycles. The molecule has 3 atom stereocenters. The minimum absolute atomic E-state index is 0.328. The average Bonchev–Trinajstić information content (AvgIpc) is 2.47. The standard InChI is InChI=1S/C16H26N2O2/c1-13-6-2-3-8-16(13)20-12-15(19)11-17-10-14-7-4-5-9-18-14/h4-5,7,9,13,15-17,19H,2-3,6,8,10-12H2,1H3. The summed E-state index contributed by atoms with van der Waals surface area (Å²) < 4.78 is 5.85. The van der Waals surface area contributed by atoms with Crippen LogP contribution in [0.15, 0.2) is 24.4 Å². The number of aliphatic hydroxyl groups excluding tert-OH is 1. The molecule has 1 aromatic rings. The van der Waals surface area contributed by atoms with E-state index < -0.39 is 6.10 Å². The highest BCUT2D eigenvalue weighted by molar-refractivity contribution is 5.02. The minimum Gasteiger partial charge on any atom is -0.389 e. The van der Waals surface area contributed by atoms with Gasteiger partial charge in [0.25, 0.3) is 0 Å². The van der Waals surface area contributed by atoms with Gasteiger partial charge >= 0.3 is 0 Å². The highest BCUT2D eigenvalue weighted by Gasteiger charge is 2.22. The molecule has 2 rings (SSSR count). The second kappa shape index (κ2) is 8.35. The Morgan fingerprint density at radius 2 is 2.25 bits per heavy atom. The summed E-state index contributed by atoms with van der Waals surface area (Å²) in [5.74, 6) is 0.623. The van der Waals surface area contributed by atoms with E-state index in [0.29, 0.717) is 31.7 Å². The van der Waals surface area contributed by atoms with Crippen molar-refractivity contribution >= 4 is 0 Å². The maximum atomic E-state index is 9.94. The summed E-state index contributed by atoms with van der Waals surface area (Å²) in [6.45, 7) is 3.88. The first-order valence-corrected chi connectivity index (χ1v) is 7.66. The summed E-state index contributed by atoms with van der Waals surface area (Å²) in [4.78, 5) is 4.23. The highest BCUT2D eigenvalue weighted by Crippen LogP contribution is 2.26. The molecule has 0 radical (unpaired) electrons. The van der Waals surface area contributed by atoms with Crippen molar-refractivity contribution < 1.29 is 9.84 Å². The monoisotopic (exact) mass is 278 g/mol. The Bertz CT molecular complexity index is 372. The molecule has 0 bridgehead atoms. The topological polar surface area (TPSA) is 54.4 Å². The normalized spacial score (nSPS) is 24.5. The SMILES string of the molecule is CC1CCCCC1OCC(O)CNCc1ccccn1. The van der Waals surface area contributed by atoms with E-state index in [9.17, 15) is 5.11 Å². The van der Waals surface area contributed by atoms with Crippen LogP contribution in [0.4, 0.5) is 0 Å². The van der Waals surface area contributed by atoms with Crippen LogP contribution >= 0.6 is 0 Å². The summed E-state index contributed by atoms with van der Waals surface area (Å²) in [5, 5.41) is 13.1. The van der Waals surface area contributed by atoms with E-state index in [2.05, 4.69) is 17.2 Å². The Morgan fingerprint density at radius 3 is 3.00 bits per heavy atom. The molecule has 1 aliphatic carbocycles. The molecule has 20 heavy (non-hydrogen) atoms. The van der Waals surface area contributed by atoms with Crippen LogP contribution in [0, 0.1) is 5.92 Å². The third kappa shape index (κ3) is 5.19. The first-order valence-electron chi connectivity index (χ1n) is 7.66. The zero-order chi connectivity index (χ0) is 14.2. The summed E-state index contributed by atoms with van der Waals surface area (Å²) in [6.07, 6.45) is 6.61. The number of aliphatic hydroxyl groups is 1. The van der Waals surface area contributed by atoms with E-state index in [-0.39, 0.29) is 0 Å². The largest absolute Gasteiger partial charge is 0.389 e. The van der Waals surface area contributed by atoms with Gasteiger partial charge in [0.15, 0.2) is 0 Å². The summed E-state index contributed by atoms with van der Waals surface area (Å²) in [7, 11) is 0. The zero-order valence-electron chi connectivity index (χ0n) is 12.3. The van der Waals surface area contributed by atoms with E-state index in [1.54, 1.807) is 6.20 Å². The third-order valence-corrected chi connectivity index (χ3v) is 3.95.